The molecule has 0 atom stereocenters. The number of nitrogens with zero attached hydrogens (tertiary/aromatic N) is 2. The Morgan fingerprint density at radius 2 is 1.96 bits per heavy atom. The first-order valence-corrected chi connectivity index (χ1v) is 8.28. The Balaban J connectivity index is 1.72. The van der Waals surface area contributed by atoms with Gasteiger partial charge in [-0.1, -0.05) is 12.1 Å². The maximum absolute atomic E-state index is 12.3. The van der Waals surface area contributed by atoms with Crippen LogP contribution in [0.2, 0.25) is 0 Å². The number of aromatic nitrogens is 1. The average Bonchev–Trinajstić information content (AvgIpc) is 2.69. The second-order valence-electron chi connectivity index (χ2n) is 5.91. The zero-order valence-corrected chi connectivity index (χ0v) is 15.0. The molecule has 0 fully saturated rings. The number of nitrogens with one attached hydrogen (secondary N) is 2. The smallest absolute Gasteiger partial charge is 0.274 e. The molecule has 0 aliphatic carbocycles. The maximum Gasteiger partial charge on any atom is 0.274 e. The predicted molar refractivity (Wildman–Crippen MR) is 104 cm³/mol. The lowest BCUT2D eigenvalue weighted by Gasteiger charge is -2.12. The van der Waals surface area contributed by atoms with Crippen LogP contribution in [0.15, 0.2) is 60.8 Å². The normalized spacial score (nSPS) is 9.96. The Bertz CT molecular complexity index is 1010. The largest absolute Gasteiger partial charge is 0.495 e. The fourth-order valence-electron chi connectivity index (χ4n) is 2.54. The van der Waals surface area contributed by atoms with Gasteiger partial charge in [-0.2, -0.15) is 5.26 Å². The van der Waals surface area contributed by atoms with E-state index in [2.05, 4.69) is 15.6 Å². The van der Waals surface area contributed by atoms with E-state index in [9.17, 15) is 4.79 Å². The highest BCUT2D eigenvalue weighted by Gasteiger charge is 2.09. The van der Waals surface area contributed by atoms with Gasteiger partial charge in [0.15, 0.2) is 0 Å². The molecule has 3 aromatic rings. The van der Waals surface area contributed by atoms with Crippen molar-refractivity contribution in [2.45, 2.75) is 6.92 Å². The number of nitriles is 1. The number of aryl methyl sites for hydroxylation is 1. The van der Waals surface area contributed by atoms with Crippen molar-refractivity contribution in [1.29, 1.82) is 5.26 Å². The number of anilines is 3. The Morgan fingerprint density at radius 3 is 2.67 bits per heavy atom. The molecule has 0 aliphatic rings. The minimum absolute atomic E-state index is 0.277. The van der Waals surface area contributed by atoms with Gasteiger partial charge in [0.1, 0.15) is 11.4 Å². The molecule has 27 heavy (non-hydrogen) atoms. The third kappa shape index (κ3) is 4.41. The van der Waals surface area contributed by atoms with Crippen LogP contribution in [-0.4, -0.2) is 18.0 Å². The number of carbonyl (C=O) groups excluding carboxylic acids is 1. The van der Waals surface area contributed by atoms with Crippen LogP contribution in [-0.2, 0) is 0 Å². The molecule has 3 rings (SSSR count). The van der Waals surface area contributed by atoms with Crippen LogP contribution in [0.3, 0.4) is 0 Å². The van der Waals surface area contributed by atoms with Crippen LogP contribution in [0.25, 0.3) is 0 Å². The van der Waals surface area contributed by atoms with Gasteiger partial charge in [-0.05, 0) is 55.0 Å². The van der Waals surface area contributed by atoms with Gasteiger partial charge < -0.3 is 15.4 Å². The topological polar surface area (TPSA) is 87.0 Å². The molecule has 2 aromatic carbocycles. The first kappa shape index (κ1) is 18.0. The molecule has 1 aromatic heterocycles. The molecule has 0 radical (unpaired) electrons. The van der Waals surface area contributed by atoms with E-state index in [4.69, 9.17) is 10.00 Å². The minimum atomic E-state index is -0.343. The molecule has 0 saturated carbocycles. The van der Waals surface area contributed by atoms with Gasteiger partial charge in [0.25, 0.3) is 5.91 Å². The number of methoxy groups -OCH3 is 1. The highest BCUT2D eigenvalue weighted by Crippen LogP contribution is 2.28. The second-order valence-corrected chi connectivity index (χ2v) is 5.91. The number of pyridine rings is 1. The molecule has 0 bridgehead atoms. The Hall–Kier alpha value is -3.85. The van der Waals surface area contributed by atoms with E-state index in [1.807, 2.05) is 31.2 Å². The molecule has 6 nitrogen and oxygen atoms in total. The van der Waals surface area contributed by atoms with Crippen molar-refractivity contribution in [3.63, 3.8) is 0 Å². The number of amides is 1. The Morgan fingerprint density at radius 1 is 1.11 bits per heavy atom. The van der Waals surface area contributed by atoms with Crippen molar-refractivity contribution in [1.82, 2.24) is 4.98 Å². The van der Waals surface area contributed by atoms with Crippen LogP contribution < -0.4 is 15.4 Å². The number of carbonyl (C=O) groups is 1. The number of rotatable bonds is 5. The lowest BCUT2D eigenvalue weighted by molar-refractivity contribution is 0.102. The number of hydrogen-bond donors (Lipinski definition) is 2. The average molecular weight is 358 g/mol. The quantitative estimate of drug-likeness (QED) is 0.711. The summed E-state index contributed by atoms with van der Waals surface area (Å²) in [7, 11) is 1.61. The molecule has 0 aliphatic heterocycles. The summed E-state index contributed by atoms with van der Waals surface area (Å²) in [6.07, 6.45) is 1.59. The van der Waals surface area contributed by atoms with E-state index in [0.29, 0.717) is 11.3 Å². The molecule has 134 valence electrons. The molecular weight excluding hydrogens is 340 g/mol. The highest BCUT2D eigenvalue weighted by molar-refractivity contribution is 6.03. The summed E-state index contributed by atoms with van der Waals surface area (Å²) in [6, 6.07) is 18.0. The van der Waals surface area contributed by atoms with Crippen molar-refractivity contribution in [2.75, 3.05) is 17.7 Å². The van der Waals surface area contributed by atoms with Crippen LogP contribution >= 0.6 is 0 Å². The highest BCUT2D eigenvalue weighted by atomic mass is 16.5. The standard InChI is InChI=1S/C21H18N4O2/c1-14-6-9-20(27-2)19(10-14)24-17-7-8-18(23-13-17)21(26)25-16-5-3-4-15(11-16)12-22/h3-11,13,24H,1-2H3,(H,25,26). The van der Waals surface area contributed by atoms with E-state index in [0.717, 1.165) is 22.7 Å². The maximum atomic E-state index is 12.3. The summed E-state index contributed by atoms with van der Waals surface area (Å²) >= 11 is 0. The van der Waals surface area contributed by atoms with Gasteiger partial charge in [-0.25, -0.2) is 4.98 Å². The van der Waals surface area contributed by atoms with E-state index < -0.39 is 0 Å². The van der Waals surface area contributed by atoms with E-state index in [-0.39, 0.29) is 11.6 Å². The summed E-state index contributed by atoms with van der Waals surface area (Å²) in [6.45, 7) is 2.00. The lowest BCUT2D eigenvalue weighted by Crippen LogP contribution is -2.13. The van der Waals surface area contributed by atoms with E-state index in [1.165, 1.54) is 0 Å². The number of ether oxygens (including phenoxy) is 1. The summed E-state index contributed by atoms with van der Waals surface area (Å²) < 4.78 is 5.35. The van der Waals surface area contributed by atoms with Gasteiger partial charge in [-0.15, -0.1) is 0 Å². The van der Waals surface area contributed by atoms with Gasteiger partial charge >= 0.3 is 0 Å². The first-order valence-electron chi connectivity index (χ1n) is 8.28. The minimum Gasteiger partial charge on any atom is -0.495 e. The fourth-order valence-corrected chi connectivity index (χ4v) is 2.54. The second kappa shape index (κ2) is 8.02. The third-order valence-electron chi connectivity index (χ3n) is 3.88. The van der Waals surface area contributed by atoms with Crippen molar-refractivity contribution >= 4 is 23.0 Å². The number of hydrogen-bond acceptors (Lipinski definition) is 5. The van der Waals surface area contributed by atoms with Gasteiger partial charge in [0.05, 0.1) is 36.3 Å². The number of benzene rings is 2. The van der Waals surface area contributed by atoms with E-state index >= 15 is 0 Å². The molecule has 0 saturated heterocycles. The summed E-state index contributed by atoms with van der Waals surface area (Å²) in [4.78, 5) is 16.5. The molecule has 2 N–H and O–H groups in total. The summed E-state index contributed by atoms with van der Waals surface area (Å²) in [5.74, 6) is 0.379. The molecule has 0 unspecified atom stereocenters. The summed E-state index contributed by atoms with van der Waals surface area (Å²) in [5, 5.41) is 14.9. The Labute approximate surface area is 157 Å². The van der Waals surface area contributed by atoms with Crippen LogP contribution in [0.1, 0.15) is 21.6 Å². The molecular formula is C21H18N4O2. The van der Waals surface area contributed by atoms with Crippen molar-refractivity contribution < 1.29 is 9.53 Å². The van der Waals surface area contributed by atoms with Crippen LogP contribution in [0.5, 0.6) is 5.75 Å². The van der Waals surface area contributed by atoms with E-state index in [1.54, 1.807) is 49.7 Å². The molecule has 0 spiro atoms. The first-order chi connectivity index (χ1) is 13.1. The third-order valence-corrected chi connectivity index (χ3v) is 3.88. The summed E-state index contributed by atoms with van der Waals surface area (Å²) in [5.41, 5.74) is 3.97. The van der Waals surface area contributed by atoms with Crippen molar-refractivity contribution in [2.24, 2.45) is 0 Å². The fraction of sp³-hybridized carbons (Fsp3) is 0.0952. The van der Waals surface area contributed by atoms with Crippen LogP contribution in [0, 0.1) is 18.3 Å². The molecule has 1 heterocycles. The predicted octanol–water partition coefficient (Wildman–Crippen LogP) is 4.27. The molecule has 6 heteroatoms. The zero-order chi connectivity index (χ0) is 19.2. The SMILES string of the molecule is COc1ccc(C)cc1Nc1ccc(C(=O)Nc2cccc(C#N)c2)nc1. The van der Waals surface area contributed by atoms with Crippen molar-refractivity contribution in [3.8, 4) is 11.8 Å². The monoisotopic (exact) mass is 358 g/mol. The van der Waals surface area contributed by atoms with Gasteiger partial charge in [0.2, 0.25) is 0 Å². The Kier molecular flexibility index (Phi) is 5.33. The van der Waals surface area contributed by atoms with Gasteiger partial charge in [0, 0.05) is 5.69 Å². The molecule has 1 amide bonds. The van der Waals surface area contributed by atoms with Gasteiger partial charge in [-0.3, -0.25) is 4.79 Å². The lowest BCUT2D eigenvalue weighted by atomic mass is 10.2. The zero-order valence-electron chi connectivity index (χ0n) is 15.0. The van der Waals surface area contributed by atoms with Crippen molar-refractivity contribution in [3.05, 3.63) is 77.6 Å². The van der Waals surface area contributed by atoms with Crippen LogP contribution in [0.4, 0.5) is 17.1 Å².